The lowest BCUT2D eigenvalue weighted by atomic mass is 9.81. The number of carbonyl (C=O) groups is 1. The Morgan fingerprint density at radius 3 is 2.43 bits per heavy atom. The minimum absolute atomic E-state index is 0.258. The van der Waals surface area contributed by atoms with Crippen molar-refractivity contribution in [1.82, 2.24) is 5.32 Å². The average Bonchev–Trinajstić information content (AvgIpc) is 2.56. The van der Waals surface area contributed by atoms with Crippen LogP contribution in [0.3, 0.4) is 0 Å². The van der Waals surface area contributed by atoms with E-state index in [1.54, 1.807) is 0 Å². The second kappa shape index (κ2) is 2.88. The summed E-state index contributed by atoms with van der Waals surface area (Å²) in [4.78, 5) is 11.4. The Labute approximate surface area is 85.2 Å². The van der Waals surface area contributed by atoms with Crippen molar-refractivity contribution in [2.24, 2.45) is 5.41 Å². The van der Waals surface area contributed by atoms with Gasteiger partial charge in [-0.25, -0.2) is 4.79 Å². The van der Waals surface area contributed by atoms with E-state index in [-0.39, 0.29) is 11.7 Å². The second-order valence-corrected chi connectivity index (χ2v) is 5.62. The fourth-order valence-corrected chi connectivity index (χ4v) is 2.19. The Morgan fingerprint density at radius 1 is 1.43 bits per heavy atom. The summed E-state index contributed by atoms with van der Waals surface area (Å²) < 4.78 is 5.20. The summed E-state index contributed by atoms with van der Waals surface area (Å²) in [6.45, 7) is 5.66. The minimum atomic E-state index is -0.383. The molecule has 80 valence electrons. The lowest BCUT2D eigenvalue weighted by Gasteiger charge is -2.27. The zero-order valence-electron chi connectivity index (χ0n) is 9.22. The van der Waals surface area contributed by atoms with Crippen LogP contribution in [-0.2, 0) is 4.74 Å². The van der Waals surface area contributed by atoms with Crippen molar-refractivity contribution in [3.63, 3.8) is 0 Å². The van der Waals surface area contributed by atoms with Gasteiger partial charge in [0.2, 0.25) is 0 Å². The van der Waals surface area contributed by atoms with Crippen LogP contribution in [0.2, 0.25) is 0 Å². The van der Waals surface area contributed by atoms with Gasteiger partial charge in [0.25, 0.3) is 0 Å². The highest BCUT2D eigenvalue weighted by atomic mass is 16.6. The van der Waals surface area contributed by atoms with Crippen molar-refractivity contribution < 1.29 is 9.53 Å². The molecule has 1 spiro atoms. The molecule has 0 aliphatic heterocycles. The van der Waals surface area contributed by atoms with Crippen LogP contribution in [0.4, 0.5) is 4.79 Å². The molecule has 0 heterocycles. The number of rotatable bonds is 1. The number of amides is 1. The van der Waals surface area contributed by atoms with Gasteiger partial charge in [0.05, 0.1) is 0 Å². The van der Waals surface area contributed by atoms with Crippen molar-refractivity contribution in [3.05, 3.63) is 0 Å². The van der Waals surface area contributed by atoms with Crippen LogP contribution in [0, 0.1) is 5.41 Å². The molecule has 2 fully saturated rings. The summed E-state index contributed by atoms with van der Waals surface area (Å²) in [6.07, 6.45) is 4.80. The molecule has 0 radical (unpaired) electrons. The number of hydrogen-bond acceptors (Lipinski definition) is 2. The third kappa shape index (κ3) is 1.86. The lowest BCUT2D eigenvalue weighted by molar-refractivity contribution is 0.0508. The number of hydrogen-bond donors (Lipinski definition) is 1. The topological polar surface area (TPSA) is 38.3 Å². The number of carbonyl (C=O) groups excluding carboxylic acids is 1. The molecule has 0 saturated heterocycles. The van der Waals surface area contributed by atoms with Gasteiger partial charge in [-0.15, -0.1) is 0 Å². The van der Waals surface area contributed by atoms with E-state index in [1.807, 2.05) is 20.8 Å². The molecule has 2 aliphatic rings. The van der Waals surface area contributed by atoms with E-state index in [2.05, 4.69) is 5.32 Å². The summed E-state index contributed by atoms with van der Waals surface area (Å²) in [5.41, 5.74) is 0.0999. The smallest absolute Gasteiger partial charge is 0.407 e. The van der Waals surface area contributed by atoms with Gasteiger partial charge in [0, 0.05) is 6.04 Å². The fourth-order valence-electron chi connectivity index (χ4n) is 2.19. The molecule has 0 aromatic heterocycles. The van der Waals surface area contributed by atoms with Crippen molar-refractivity contribution in [3.8, 4) is 0 Å². The molecule has 0 aromatic rings. The molecule has 0 bridgehead atoms. The molecule has 0 unspecified atom stereocenters. The van der Waals surface area contributed by atoms with Gasteiger partial charge in [-0.05, 0) is 45.4 Å². The predicted octanol–water partition coefficient (Wildman–Crippen LogP) is 2.45. The van der Waals surface area contributed by atoms with E-state index in [4.69, 9.17) is 4.74 Å². The molecular weight excluding hydrogens is 178 g/mol. The summed E-state index contributed by atoms with van der Waals surface area (Å²) in [5.74, 6) is 0. The van der Waals surface area contributed by atoms with Crippen LogP contribution in [0.25, 0.3) is 0 Å². The molecule has 2 aliphatic carbocycles. The highest BCUT2D eigenvalue weighted by Gasteiger charge is 2.58. The maximum atomic E-state index is 11.4. The maximum Gasteiger partial charge on any atom is 0.407 e. The average molecular weight is 197 g/mol. The monoisotopic (exact) mass is 197 g/mol. The van der Waals surface area contributed by atoms with Gasteiger partial charge in [-0.3, -0.25) is 0 Å². The van der Waals surface area contributed by atoms with Gasteiger partial charge in [-0.1, -0.05) is 6.42 Å². The van der Waals surface area contributed by atoms with E-state index in [0.717, 1.165) is 6.42 Å². The molecule has 3 nitrogen and oxygen atoms in total. The number of ether oxygens (including phenoxy) is 1. The van der Waals surface area contributed by atoms with E-state index in [9.17, 15) is 4.79 Å². The Hall–Kier alpha value is -0.730. The standard InChI is InChI=1S/C11H19NO2/c1-10(2,3)14-9(13)12-8-7-11(8)5-4-6-11/h8H,4-7H2,1-3H3,(H,12,13)/t8-/m1/s1. The normalized spacial score (nSPS) is 28.1. The Balaban J connectivity index is 1.74. The molecule has 2 saturated carbocycles. The van der Waals surface area contributed by atoms with E-state index >= 15 is 0 Å². The first kappa shape index (κ1) is 9.81. The molecule has 2 rings (SSSR count). The van der Waals surface area contributed by atoms with Crippen LogP contribution in [0.15, 0.2) is 0 Å². The van der Waals surface area contributed by atoms with Crippen molar-refractivity contribution in [2.75, 3.05) is 0 Å². The van der Waals surface area contributed by atoms with Crippen LogP contribution in [-0.4, -0.2) is 17.7 Å². The SMILES string of the molecule is CC(C)(C)OC(=O)N[C@@H]1CC12CCC2. The second-order valence-electron chi connectivity index (χ2n) is 5.62. The zero-order valence-corrected chi connectivity index (χ0v) is 9.22. The van der Waals surface area contributed by atoms with Crippen LogP contribution >= 0.6 is 0 Å². The van der Waals surface area contributed by atoms with E-state index in [0.29, 0.717) is 11.5 Å². The first-order valence-electron chi connectivity index (χ1n) is 5.41. The highest BCUT2D eigenvalue weighted by molar-refractivity contribution is 5.69. The molecule has 1 N–H and O–H groups in total. The maximum absolute atomic E-state index is 11.4. The third-order valence-corrected chi connectivity index (χ3v) is 3.23. The van der Waals surface area contributed by atoms with Crippen molar-refractivity contribution in [1.29, 1.82) is 0 Å². The number of alkyl carbamates (subject to hydrolysis) is 1. The Kier molecular flexibility index (Phi) is 2.02. The molecule has 0 aromatic carbocycles. The summed E-state index contributed by atoms with van der Waals surface area (Å²) in [7, 11) is 0. The fraction of sp³-hybridized carbons (Fsp3) is 0.909. The zero-order chi connectivity index (χ0) is 10.4. The van der Waals surface area contributed by atoms with E-state index in [1.165, 1.54) is 19.3 Å². The van der Waals surface area contributed by atoms with Crippen LogP contribution in [0.1, 0.15) is 46.5 Å². The van der Waals surface area contributed by atoms with E-state index < -0.39 is 0 Å². The molecule has 1 atom stereocenters. The lowest BCUT2D eigenvalue weighted by Crippen LogP contribution is -2.36. The quantitative estimate of drug-likeness (QED) is 0.701. The highest BCUT2D eigenvalue weighted by Crippen LogP contribution is 2.60. The molecule has 1 amide bonds. The third-order valence-electron chi connectivity index (χ3n) is 3.23. The molecular formula is C11H19NO2. The van der Waals surface area contributed by atoms with Crippen LogP contribution in [0.5, 0.6) is 0 Å². The molecule has 14 heavy (non-hydrogen) atoms. The summed E-state index contributed by atoms with van der Waals surface area (Å²) in [6, 6.07) is 0.395. The van der Waals surface area contributed by atoms with Gasteiger partial charge < -0.3 is 10.1 Å². The van der Waals surface area contributed by atoms with Crippen LogP contribution < -0.4 is 5.32 Å². The first-order chi connectivity index (χ1) is 6.41. The number of nitrogens with one attached hydrogen (secondary N) is 1. The first-order valence-corrected chi connectivity index (χ1v) is 5.41. The Bertz CT molecular complexity index is 251. The van der Waals surface area contributed by atoms with Crippen molar-refractivity contribution >= 4 is 6.09 Å². The minimum Gasteiger partial charge on any atom is -0.444 e. The summed E-state index contributed by atoms with van der Waals surface area (Å²) in [5, 5.41) is 2.94. The van der Waals surface area contributed by atoms with Gasteiger partial charge in [0.1, 0.15) is 5.60 Å². The largest absolute Gasteiger partial charge is 0.444 e. The van der Waals surface area contributed by atoms with Gasteiger partial charge >= 0.3 is 6.09 Å². The molecule has 3 heteroatoms. The van der Waals surface area contributed by atoms with Gasteiger partial charge in [-0.2, -0.15) is 0 Å². The van der Waals surface area contributed by atoms with Crippen molar-refractivity contribution in [2.45, 2.75) is 58.1 Å². The Morgan fingerprint density at radius 2 is 2.07 bits per heavy atom. The summed E-state index contributed by atoms with van der Waals surface area (Å²) >= 11 is 0. The predicted molar refractivity (Wildman–Crippen MR) is 54.1 cm³/mol. The van der Waals surface area contributed by atoms with Gasteiger partial charge in [0.15, 0.2) is 0 Å².